The lowest BCUT2D eigenvalue weighted by Gasteiger charge is -2.27. The van der Waals surface area contributed by atoms with Crippen LogP contribution in [0.4, 0.5) is 39.8 Å². The Morgan fingerprint density at radius 2 is 0.917 bits per heavy atom. The first-order valence-electron chi connectivity index (χ1n) is 20.3. The third-order valence-electron chi connectivity index (χ3n) is 11.9. The molecule has 60 heavy (non-hydrogen) atoms. The van der Waals surface area contributed by atoms with Gasteiger partial charge in [-0.2, -0.15) is 0 Å². The number of rotatable bonds is 6. The van der Waals surface area contributed by atoms with Crippen molar-refractivity contribution in [3.63, 3.8) is 0 Å². The largest absolute Gasteiger partial charge is 0.467 e. The van der Waals surface area contributed by atoms with Gasteiger partial charge in [0.1, 0.15) is 22.3 Å². The SMILES string of the molecule is [C-]#[N+]c1cc2oc3cc4cc(N(c5ccccc5)c5cc(C)ccc5C)ccc4cc3c2c2c1oc1cc3cc(N(c4ccccc4)c4cc(C)ccc4C)ccc3cc12. The highest BCUT2D eigenvalue weighted by Crippen LogP contribution is 2.47. The molecule has 0 aliphatic heterocycles. The second kappa shape index (κ2) is 13.7. The van der Waals surface area contributed by atoms with Crippen LogP contribution in [0.2, 0.25) is 0 Å². The average Bonchev–Trinajstić information content (AvgIpc) is 3.81. The van der Waals surface area contributed by atoms with E-state index in [0.717, 1.165) is 88.4 Å². The van der Waals surface area contributed by atoms with Crippen molar-refractivity contribution in [2.75, 3.05) is 9.80 Å². The van der Waals surface area contributed by atoms with Crippen LogP contribution in [0.5, 0.6) is 0 Å². The molecule has 0 spiro atoms. The smallest absolute Gasteiger partial charge is 0.233 e. The van der Waals surface area contributed by atoms with E-state index >= 15 is 0 Å². The van der Waals surface area contributed by atoms with Gasteiger partial charge >= 0.3 is 0 Å². The number of fused-ring (bicyclic) bond motifs is 9. The van der Waals surface area contributed by atoms with Crippen LogP contribution in [0.3, 0.4) is 0 Å². The minimum atomic E-state index is 0.432. The van der Waals surface area contributed by atoms with E-state index in [2.05, 4.69) is 194 Å². The van der Waals surface area contributed by atoms with Gasteiger partial charge in [-0.3, -0.25) is 0 Å². The molecule has 2 heterocycles. The Kier molecular flexibility index (Phi) is 8.05. The molecule has 2 aromatic heterocycles. The Labute approximate surface area is 347 Å². The standard InChI is InChI=1S/C55H39N3O2/c1-33-16-18-35(3)48(24-33)57(41-12-8-6-9-13-41)43-22-20-37-28-45-50(30-39(37)26-43)59-52-32-47(56-5)55-54(53(45)52)46-29-38-21-23-44(27-40(38)31-51(46)60-55)58(42-14-10-7-11-15-42)49-25-34(2)17-19-36(49)4/h6-32H,1-4H3. The predicted octanol–water partition coefficient (Wildman–Crippen LogP) is 16.5. The van der Waals surface area contributed by atoms with Crippen LogP contribution in [0.1, 0.15) is 22.3 Å². The molecule has 286 valence electrons. The summed E-state index contributed by atoms with van der Waals surface area (Å²) in [6, 6.07) is 58.0. The molecule has 0 fully saturated rings. The molecule has 9 aromatic carbocycles. The summed E-state index contributed by atoms with van der Waals surface area (Å²) in [5.74, 6) is 0. The Bertz CT molecular complexity index is 3560. The number of anilines is 6. The van der Waals surface area contributed by atoms with Gasteiger partial charge in [0.2, 0.25) is 5.69 Å². The average molecular weight is 774 g/mol. The summed E-state index contributed by atoms with van der Waals surface area (Å²) in [6.45, 7) is 16.8. The lowest BCUT2D eigenvalue weighted by molar-refractivity contribution is 0.665. The van der Waals surface area contributed by atoms with Crippen LogP contribution in [0.15, 0.2) is 173 Å². The van der Waals surface area contributed by atoms with E-state index in [4.69, 9.17) is 15.4 Å². The third-order valence-corrected chi connectivity index (χ3v) is 11.9. The maximum absolute atomic E-state index is 8.19. The maximum Gasteiger partial charge on any atom is 0.233 e. The molecule has 11 rings (SSSR count). The molecule has 5 nitrogen and oxygen atoms in total. The van der Waals surface area contributed by atoms with E-state index in [0.29, 0.717) is 16.9 Å². The number of aryl methyl sites for hydroxylation is 4. The van der Waals surface area contributed by atoms with Crippen molar-refractivity contribution in [2.24, 2.45) is 0 Å². The zero-order valence-electron chi connectivity index (χ0n) is 33.7. The van der Waals surface area contributed by atoms with Crippen molar-refractivity contribution in [1.82, 2.24) is 0 Å². The second-order valence-electron chi connectivity index (χ2n) is 16.0. The molecule has 0 N–H and O–H groups in total. The number of furan rings is 2. The lowest BCUT2D eigenvalue weighted by Crippen LogP contribution is -2.11. The summed E-state index contributed by atoms with van der Waals surface area (Å²) in [7, 11) is 0. The molecular formula is C55H39N3O2. The zero-order chi connectivity index (χ0) is 40.6. The first-order valence-corrected chi connectivity index (χ1v) is 20.3. The summed E-state index contributed by atoms with van der Waals surface area (Å²) in [5.41, 5.74) is 14.6. The molecule has 0 saturated heterocycles. The summed E-state index contributed by atoms with van der Waals surface area (Å²) >= 11 is 0. The van der Waals surface area contributed by atoms with Crippen molar-refractivity contribution in [1.29, 1.82) is 0 Å². The van der Waals surface area contributed by atoms with Gasteiger partial charge in [0.05, 0.1) is 6.57 Å². The molecule has 5 heteroatoms. The highest BCUT2D eigenvalue weighted by Gasteiger charge is 2.23. The van der Waals surface area contributed by atoms with E-state index in [9.17, 15) is 0 Å². The van der Waals surface area contributed by atoms with Gasteiger partial charge in [-0.25, -0.2) is 4.85 Å². The zero-order valence-corrected chi connectivity index (χ0v) is 33.7. The number of para-hydroxylation sites is 2. The normalized spacial score (nSPS) is 11.7. The third kappa shape index (κ3) is 5.68. The number of hydrogen-bond donors (Lipinski definition) is 0. The molecule has 11 aromatic rings. The summed E-state index contributed by atoms with van der Waals surface area (Å²) in [4.78, 5) is 8.59. The molecule has 0 unspecified atom stereocenters. The molecule has 0 atom stereocenters. The van der Waals surface area contributed by atoms with Gasteiger partial charge in [-0.1, -0.05) is 72.8 Å². The summed E-state index contributed by atoms with van der Waals surface area (Å²) in [5, 5.41) is 8.11. The van der Waals surface area contributed by atoms with E-state index < -0.39 is 0 Å². The van der Waals surface area contributed by atoms with Gasteiger partial charge in [0.25, 0.3) is 0 Å². The van der Waals surface area contributed by atoms with E-state index in [-0.39, 0.29) is 0 Å². The van der Waals surface area contributed by atoms with Gasteiger partial charge < -0.3 is 18.6 Å². The lowest BCUT2D eigenvalue weighted by atomic mass is 9.99. The van der Waals surface area contributed by atoms with Crippen LogP contribution in [-0.2, 0) is 0 Å². The van der Waals surface area contributed by atoms with Crippen molar-refractivity contribution in [2.45, 2.75) is 27.7 Å². The Morgan fingerprint density at radius 3 is 1.43 bits per heavy atom. The monoisotopic (exact) mass is 773 g/mol. The first kappa shape index (κ1) is 35.4. The number of hydrogen-bond acceptors (Lipinski definition) is 4. The summed E-state index contributed by atoms with van der Waals surface area (Å²) in [6.07, 6.45) is 0. The fourth-order valence-electron chi connectivity index (χ4n) is 8.94. The molecule has 0 aliphatic rings. The van der Waals surface area contributed by atoms with Crippen molar-refractivity contribution >= 4 is 105 Å². The van der Waals surface area contributed by atoms with Crippen LogP contribution in [-0.4, -0.2) is 0 Å². The fraction of sp³-hybridized carbons (Fsp3) is 0.0727. The predicted molar refractivity (Wildman–Crippen MR) is 251 cm³/mol. The number of nitrogens with zero attached hydrogens (tertiary/aromatic N) is 3. The molecular weight excluding hydrogens is 735 g/mol. The van der Waals surface area contributed by atoms with Crippen molar-refractivity contribution < 1.29 is 8.83 Å². The van der Waals surface area contributed by atoms with Crippen LogP contribution >= 0.6 is 0 Å². The van der Waals surface area contributed by atoms with E-state index in [1.54, 1.807) is 0 Å². The Hall–Kier alpha value is -7.81. The molecule has 0 bridgehead atoms. The number of benzene rings is 9. The quantitative estimate of drug-likeness (QED) is 0.158. The van der Waals surface area contributed by atoms with Crippen LogP contribution < -0.4 is 9.80 Å². The highest BCUT2D eigenvalue weighted by molar-refractivity contribution is 6.30. The Balaban J connectivity index is 1.08. The Morgan fingerprint density at radius 1 is 0.417 bits per heavy atom. The molecule has 0 radical (unpaired) electrons. The summed E-state index contributed by atoms with van der Waals surface area (Å²) < 4.78 is 13.3. The van der Waals surface area contributed by atoms with Crippen molar-refractivity contribution in [3.05, 3.63) is 197 Å². The first-order chi connectivity index (χ1) is 29.3. The van der Waals surface area contributed by atoms with Crippen LogP contribution in [0, 0.1) is 34.3 Å². The molecule has 0 saturated carbocycles. The topological polar surface area (TPSA) is 37.1 Å². The van der Waals surface area contributed by atoms with Crippen molar-refractivity contribution in [3.8, 4) is 0 Å². The van der Waals surface area contributed by atoms with E-state index in [1.165, 1.54) is 22.3 Å². The van der Waals surface area contributed by atoms with Gasteiger partial charge in [-0.05, 0) is 162 Å². The van der Waals surface area contributed by atoms with Gasteiger partial charge in [0, 0.05) is 55.7 Å². The van der Waals surface area contributed by atoms with Gasteiger partial charge in [-0.15, -0.1) is 0 Å². The minimum absolute atomic E-state index is 0.432. The minimum Gasteiger partial charge on any atom is -0.467 e. The van der Waals surface area contributed by atoms with E-state index in [1.807, 2.05) is 12.1 Å². The van der Waals surface area contributed by atoms with Crippen LogP contribution in [0.25, 0.3) is 70.3 Å². The second-order valence-corrected chi connectivity index (χ2v) is 16.0. The highest BCUT2D eigenvalue weighted by atomic mass is 16.3. The van der Waals surface area contributed by atoms with Gasteiger partial charge in [0.15, 0.2) is 0 Å². The fourth-order valence-corrected chi connectivity index (χ4v) is 8.94. The molecule has 0 aliphatic carbocycles. The maximum atomic E-state index is 8.19. The molecule has 0 amide bonds.